The minimum Gasteiger partial charge on any atom is -0.486 e. The fourth-order valence-corrected chi connectivity index (χ4v) is 2.29. The molecule has 0 amide bonds. The summed E-state index contributed by atoms with van der Waals surface area (Å²) in [5.41, 5.74) is 1.18. The van der Waals surface area contributed by atoms with E-state index in [1.54, 1.807) is 0 Å². The van der Waals surface area contributed by atoms with Gasteiger partial charge in [0.25, 0.3) is 0 Å². The molecule has 1 aromatic heterocycles. The van der Waals surface area contributed by atoms with Gasteiger partial charge in [0, 0.05) is 6.54 Å². The van der Waals surface area contributed by atoms with E-state index in [-0.39, 0.29) is 6.04 Å². The van der Waals surface area contributed by atoms with E-state index < -0.39 is 0 Å². The van der Waals surface area contributed by atoms with Crippen molar-refractivity contribution in [2.75, 3.05) is 20.3 Å². The lowest BCUT2D eigenvalue weighted by Gasteiger charge is -2.19. The Hall–Kier alpha value is -2.15. The lowest BCUT2D eigenvalue weighted by atomic mass is 10.1. The second kappa shape index (κ2) is 6.09. The van der Waals surface area contributed by atoms with Crippen molar-refractivity contribution in [3.63, 3.8) is 0 Å². The number of fused-ring (bicyclic) bond motifs is 1. The van der Waals surface area contributed by atoms with Gasteiger partial charge in [0.2, 0.25) is 0 Å². The highest BCUT2D eigenvalue weighted by molar-refractivity contribution is 5.43. The number of hydrogen-bond donors (Lipinski definition) is 1. The van der Waals surface area contributed by atoms with E-state index in [2.05, 4.69) is 26.9 Å². The molecule has 21 heavy (non-hydrogen) atoms. The molecule has 2 aromatic rings. The molecular weight excluding hydrogens is 270 g/mol. The third-order valence-corrected chi connectivity index (χ3v) is 3.60. The van der Waals surface area contributed by atoms with E-state index in [0.29, 0.717) is 13.2 Å². The van der Waals surface area contributed by atoms with Crippen LogP contribution in [-0.4, -0.2) is 40.5 Å². The summed E-state index contributed by atoms with van der Waals surface area (Å²) < 4.78 is 13.0. The van der Waals surface area contributed by atoms with E-state index in [9.17, 15) is 0 Å². The Morgan fingerprint density at radius 3 is 2.90 bits per heavy atom. The van der Waals surface area contributed by atoms with Gasteiger partial charge in [-0.1, -0.05) is 6.07 Å². The van der Waals surface area contributed by atoms with Gasteiger partial charge < -0.3 is 14.8 Å². The van der Waals surface area contributed by atoms with Crippen LogP contribution in [0, 0.1) is 0 Å². The second-order valence-electron chi connectivity index (χ2n) is 5.00. The van der Waals surface area contributed by atoms with Crippen LogP contribution in [0.2, 0.25) is 0 Å². The summed E-state index contributed by atoms with van der Waals surface area (Å²) >= 11 is 0. The molecule has 0 saturated carbocycles. The average molecular weight is 289 g/mol. The van der Waals surface area contributed by atoms with Crippen LogP contribution in [0.25, 0.3) is 0 Å². The number of aryl methyl sites for hydroxylation is 2. The summed E-state index contributed by atoms with van der Waals surface area (Å²) in [5, 5.41) is 15.0. The number of nitrogens with one attached hydrogen (secondary N) is 1. The normalized spacial score (nSPS) is 15.0. The van der Waals surface area contributed by atoms with Crippen LogP contribution in [0.4, 0.5) is 0 Å². The van der Waals surface area contributed by atoms with E-state index in [1.807, 2.05) is 30.8 Å². The average Bonchev–Trinajstić information content (AvgIpc) is 3.00. The minimum absolute atomic E-state index is 0.125. The predicted octanol–water partition coefficient (Wildman–Crippen LogP) is 0.967. The summed E-state index contributed by atoms with van der Waals surface area (Å²) in [6.07, 6.45) is 0.838. The van der Waals surface area contributed by atoms with E-state index in [1.165, 1.54) is 5.56 Å². The first-order valence-electron chi connectivity index (χ1n) is 7.10. The molecule has 0 bridgehead atoms. The smallest absolute Gasteiger partial charge is 0.167 e. The van der Waals surface area contributed by atoms with Gasteiger partial charge in [-0.3, -0.25) is 0 Å². The van der Waals surface area contributed by atoms with E-state index in [4.69, 9.17) is 9.47 Å². The van der Waals surface area contributed by atoms with Gasteiger partial charge in [-0.2, -0.15) is 0 Å². The van der Waals surface area contributed by atoms with Crippen LogP contribution >= 0.6 is 0 Å². The Morgan fingerprint density at radius 1 is 1.29 bits per heavy atom. The number of ether oxygens (including phenoxy) is 2. The number of aromatic nitrogens is 4. The lowest BCUT2D eigenvalue weighted by Crippen LogP contribution is -2.19. The quantitative estimate of drug-likeness (QED) is 0.884. The van der Waals surface area contributed by atoms with Crippen LogP contribution in [0.15, 0.2) is 18.2 Å². The van der Waals surface area contributed by atoms with Gasteiger partial charge >= 0.3 is 0 Å². The van der Waals surface area contributed by atoms with Gasteiger partial charge in [0.05, 0.1) is 6.04 Å². The first-order valence-corrected chi connectivity index (χ1v) is 7.10. The molecule has 0 aliphatic carbocycles. The molecule has 7 heteroatoms. The number of hydrogen-bond acceptors (Lipinski definition) is 6. The number of rotatable bonds is 5. The number of tetrazole rings is 1. The molecule has 0 saturated heterocycles. The number of benzene rings is 1. The second-order valence-corrected chi connectivity index (χ2v) is 5.00. The fourth-order valence-electron chi connectivity index (χ4n) is 2.29. The summed E-state index contributed by atoms with van der Waals surface area (Å²) in [6, 6.07) is 6.17. The summed E-state index contributed by atoms with van der Waals surface area (Å²) in [5.74, 6) is 2.48. The molecule has 1 aliphatic heterocycles. The van der Waals surface area contributed by atoms with Gasteiger partial charge in [-0.15, -0.1) is 5.10 Å². The van der Waals surface area contributed by atoms with Crippen LogP contribution < -0.4 is 14.8 Å². The maximum Gasteiger partial charge on any atom is 0.167 e. The molecule has 0 radical (unpaired) electrons. The molecule has 3 rings (SSSR count). The monoisotopic (exact) mass is 289 g/mol. The first kappa shape index (κ1) is 13.8. The molecule has 7 nitrogen and oxygen atoms in total. The molecule has 1 atom stereocenters. The Balaban J connectivity index is 1.69. The Morgan fingerprint density at radius 2 is 2.10 bits per heavy atom. The molecule has 2 heterocycles. The molecule has 1 unspecified atom stereocenters. The van der Waals surface area contributed by atoms with Crippen molar-refractivity contribution in [3.05, 3.63) is 29.6 Å². The molecular formula is C14H19N5O2. The van der Waals surface area contributed by atoms with Gasteiger partial charge in [0.1, 0.15) is 13.2 Å². The maximum absolute atomic E-state index is 5.60. The Labute approximate surface area is 123 Å². The van der Waals surface area contributed by atoms with Crippen molar-refractivity contribution in [1.29, 1.82) is 0 Å². The van der Waals surface area contributed by atoms with Crippen LogP contribution in [-0.2, 0) is 13.0 Å². The molecule has 0 fully saturated rings. The van der Waals surface area contributed by atoms with E-state index in [0.717, 1.165) is 30.3 Å². The lowest BCUT2D eigenvalue weighted by molar-refractivity contribution is 0.171. The SMILES string of the molecule is CNC(C)c1nnnn1CCc1ccc2c(c1)OCCO2. The largest absolute Gasteiger partial charge is 0.486 e. The molecule has 112 valence electrons. The Kier molecular flexibility index (Phi) is 4.01. The van der Waals surface area contributed by atoms with Crippen molar-refractivity contribution in [3.8, 4) is 11.5 Å². The van der Waals surface area contributed by atoms with E-state index >= 15 is 0 Å². The minimum atomic E-state index is 0.125. The third kappa shape index (κ3) is 2.97. The van der Waals surface area contributed by atoms with Crippen molar-refractivity contribution in [2.45, 2.75) is 25.9 Å². The summed E-state index contributed by atoms with van der Waals surface area (Å²) in [4.78, 5) is 0. The molecule has 1 aliphatic rings. The highest BCUT2D eigenvalue weighted by Gasteiger charge is 2.14. The first-order chi connectivity index (χ1) is 10.3. The number of nitrogens with zero attached hydrogens (tertiary/aromatic N) is 4. The van der Waals surface area contributed by atoms with Crippen LogP contribution in [0.1, 0.15) is 24.4 Å². The zero-order chi connectivity index (χ0) is 14.7. The fraction of sp³-hybridized carbons (Fsp3) is 0.500. The highest BCUT2D eigenvalue weighted by atomic mass is 16.6. The van der Waals surface area contributed by atoms with Crippen molar-refractivity contribution < 1.29 is 9.47 Å². The van der Waals surface area contributed by atoms with Crippen LogP contribution in [0.5, 0.6) is 11.5 Å². The molecule has 1 aromatic carbocycles. The highest BCUT2D eigenvalue weighted by Crippen LogP contribution is 2.30. The van der Waals surface area contributed by atoms with Gasteiger partial charge in [-0.05, 0) is 48.5 Å². The topological polar surface area (TPSA) is 74.1 Å². The predicted molar refractivity (Wildman–Crippen MR) is 76.4 cm³/mol. The molecule has 0 spiro atoms. The van der Waals surface area contributed by atoms with Crippen molar-refractivity contribution >= 4 is 0 Å². The zero-order valence-corrected chi connectivity index (χ0v) is 12.2. The van der Waals surface area contributed by atoms with Gasteiger partial charge in [0.15, 0.2) is 17.3 Å². The Bertz CT molecular complexity index is 613. The third-order valence-electron chi connectivity index (χ3n) is 3.60. The van der Waals surface area contributed by atoms with Crippen LogP contribution in [0.3, 0.4) is 0 Å². The standard InChI is InChI=1S/C14H19N5O2/c1-10(15-2)14-16-17-18-19(14)6-5-11-3-4-12-13(9-11)21-8-7-20-12/h3-4,9-10,15H,5-8H2,1-2H3. The van der Waals surface area contributed by atoms with Crippen molar-refractivity contribution in [2.24, 2.45) is 0 Å². The van der Waals surface area contributed by atoms with Crippen molar-refractivity contribution in [1.82, 2.24) is 25.5 Å². The zero-order valence-electron chi connectivity index (χ0n) is 12.2. The summed E-state index contributed by atoms with van der Waals surface area (Å²) in [6.45, 7) is 3.98. The summed E-state index contributed by atoms with van der Waals surface area (Å²) in [7, 11) is 1.89. The molecule has 1 N–H and O–H groups in total. The van der Waals surface area contributed by atoms with Gasteiger partial charge in [-0.25, -0.2) is 4.68 Å². The maximum atomic E-state index is 5.60.